The van der Waals surface area contributed by atoms with Crippen molar-refractivity contribution >= 4 is 11.6 Å². The molecule has 5 fully saturated rings. The Morgan fingerprint density at radius 3 is 2.48 bits per heavy atom. The first-order valence-corrected chi connectivity index (χ1v) is 10.2. The highest BCUT2D eigenvalue weighted by Gasteiger charge is 2.68. The summed E-state index contributed by atoms with van der Waals surface area (Å²) in [5, 5.41) is 0. The third-order valence-electron chi connectivity index (χ3n) is 8.99. The van der Waals surface area contributed by atoms with Crippen LogP contribution in [0.4, 0.5) is 0 Å². The largest absolute Gasteiger partial charge is 0.347 e. The van der Waals surface area contributed by atoms with Gasteiger partial charge in [-0.3, -0.25) is 9.59 Å². The quantitative estimate of drug-likeness (QED) is 0.673. The van der Waals surface area contributed by atoms with Crippen LogP contribution in [0.15, 0.2) is 0 Å². The normalized spacial score (nSPS) is 51.3. The monoisotopic (exact) mass is 346 g/mol. The molecule has 4 saturated carbocycles. The first-order valence-electron chi connectivity index (χ1n) is 10.2. The molecule has 5 aliphatic rings. The van der Waals surface area contributed by atoms with E-state index >= 15 is 0 Å². The van der Waals surface area contributed by atoms with E-state index in [4.69, 9.17) is 9.47 Å². The van der Waals surface area contributed by atoms with Gasteiger partial charge in [0.2, 0.25) is 0 Å². The minimum Gasteiger partial charge on any atom is -0.347 e. The average Bonchev–Trinajstić information content (AvgIpc) is 3.16. The molecule has 138 valence electrons. The lowest BCUT2D eigenvalue weighted by Gasteiger charge is -2.63. The first-order chi connectivity index (χ1) is 11.9. The summed E-state index contributed by atoms with van der Waals surface area (Å²) in [4.78, 5) is 24.9. The van der Waals surface area contributed by atoms with Gasteiger partial charge < -0.3 is 9.47 Å². The van der Waals surface area contributed by atoms with E-state index in [0.717, 1.165) is 44.9 Å². The molecule has 6 atom stereocenters. The van der Waals surface area contributed by atoms with Gasteiger partial charge in [-0.1, -0.05) is 13.8 Å². The number of ether oxygens (including phenoxy) is 2. The van der Waals surface area contributed by atoms with E-state index in [1.165, 1.54) is 0 Å². The third kappa shape index (κ3) is 2.01. The molecule has 0 amide bonds. The molecule has 5 rings (SSSR count). The molecule has 25 heavy (non-hydrogen) atoms. The zero-order chi connectivity index (χ0) is 17.4. The van der Waals surface area contributed by atoms with Crippen molar-refractivity contribution in [1.29, 1.82) is 0 Å². The van der Waals surface area contributed by atoms with Gasteiger partial charge in [-0.15, -0.1) is 0 Å². The van der Waals surface area contributed by atoms with Crippen molar-refractivity contribution in [3.8, 4) is 0 Å². The van der Waals surface area contributed by atoms with Crippen molar-refractivity contribution in [2.75, 3.05) is 13.2 Å². The molecule has 1 heterocycles. The molecule has 4 nitrogen and oxygen atoms in total. The molecule has 0 aromatic carbocycles. The zero-order valence-corrected chi connectivity index (χ0v) is 15.5. The van der Waals surface area contributed by atoms with Gasteiger partial charge in [0, 0.05) is 37.0 Å². The molecule has 1 aliphatic heterocycles. The highest BCUT2D eigenvalue weighted by Crippen LogP contribution is 2.68. The van der Waals surface area contributed by atoms with Gasteiger partial charge in [-0.05, 0) is 48.9 Å². The van der Waals surface area contributed by atoms with Gasteiger partial charge in [0.05, 0.1) is 13.2 Å². The van der Waals surface area contributed by atoms with Gasteiger partial charge in [0.25, 0.3) is 0 Å². The van der Waals surface area contributed by atoms with Crippen LogP contribution in [0.1, 0.15) is 65.2 Å². The zero-order valence-electron chi connectivity index (χ0n) is 15.5. The predicted octanol–water partition coefficient (Wildman–Crippen LogP) is 3.52. The van der Waals surface area contributed by atoms with Crippen molar-refractivity contribution in [3.63, 3.8) is 0 Å². The summed E-state index contributed by atoms with van der Waals surface area (Å²) in [6, 6.07) is 0. The molecular formula is C21H30O4. The lowest BCUT2D eigenvalue weighted by molar-refractivity contribution is -0.292. The molecule has 1 saturated heterocycles. The summed E-state index contributed by atoms with van der Waals surface area (Å²) < 4.78 is 12.6. The van der Waals surface area contributed by atoms with Gasteiger partial charge in [0.1, 0.15) is 11.6 Å². The summed E-state index contributed by atoms with van der Waals surface area (Å²) in [5.74, 6) is 1.91. The Morgan fingerprint density at radius 2 is 1.72 bits per heavy atom. The number of ketones is 2. The van der Waals surface area contributed by atoms with E-state index in [-0.39, 0.29) is 10.8 Å². The average molecular weight is 346 g/mol. The summed E-state index contributed by atoms with van der Waals surface area (Å²) in [6.45, 7) is 5.92. The maximum absolute atomic E-state index is 12.7. The second-order valence-electron chi connectivity index (χ2n) is 9.82. The SMILES string of the molecule is C[C@]12CCC(=O)C[C@@H]1CC1(OCCO1)[C@H]1[C@H]3CCC(=O)[C@@]3(C)CC[C@@H]12. The smallest absolute Gasteiger partial charge is 0.172 e. The number of Topliss-reactive ketones (excluding diaryl/α,β-unsaturated/α-hetero) is 2. The predicted molar refractivity (Wildman–Crippen MR) is 91.8 cm³/mol. The lowest BCUT2D eigenvalue weighted by Crippen LogP contribution is -2.63. The van der Waals surface area contributed by atoms with E-state index in [1.54, 1.807) is 0 Å². The molecule has 0 radical (unpaired) electrons. The standard InChI is InChI=1S/C21H30O4/c1-19-7-5-14(22)11-13(19)12-21(24-9-10-25-21)18-15-3-4-17(23)20(15,2)8-6-16(18)19/h13,15-16,18H,3-12H2,1-2H3/t13-,15-,16+,18+,19+,20+/m1/s1. The fourth-order valence-electron chi connectivity index (χ4n) is 7.54. The van der Waals surface area contributed by atoms with E-state index in [9.17, 15) is 9.59 Å². The van der Waals surface area contributed by atoms with E-state index in [0.29, 0.717) is 54.9 Å². The summed E-state index contributed by atoms with van der Waals surface area (Å²) >= 11 is 0. The Balaban J connectivity index is 1.60. The molecule has 4 aliphatic carbocycles. The fourth-order valence-corrected chi connectivity index (χ4v) is 7.54. The van der Waals surface area contributed by atoms with Crippen LogP contribution in [0.5, 0.6) is 0 Å². The van der Waals surface area contributed by atoms with Crippen molar-refractivity contribution in [2.45, 2.75) is 71.0 Å². The van der Waals surface area contributed by atoms with E-state index in [2.05, 4.69) is 13.8 Å². The second-order valence-corrected chi connectivity index (χ2v) is 9.82. The van der Waals surface area contributed by atoms with Crippen LogP contribution in [0.25, 0.3) is 0 Å². The molecular weight excluding hydrogens is 316 g/mol. The number of carbonyl (C=O) groups excluding carboxylic acids is 2. The minimum atomic E-state index is -0.538. The summed E-state index contributed by atoms with van der Waals surface area (Å²) in [7, 11) is 0. The Kier molecular flexibility index (Phi) is 3.39. The first kappa shape index (κ1) is 16.4. The molecule has 1 spiro atoms. The Morgan fingerprint density at radius 1 is 0.960 bits per heavy atom. The van der Waals surface area contributed by atoms with Crippen molar-refractivity contribution < 1.29 is 19.1 Å². The summed E-state index contributed by atoms with van der Waals surface area (Å²) in [5.41, 5.74) is 0.0171. The molecule has 0 bridgehead atoms. The molecule has 0 N–H and O–H groups in total. The third-order valence-corrected chi connectivity index (χ3v) is 8.99. The summed E-state index contributed by atoms with van der Waals surface area (Å²) in [6.07, 6.45) is 7.07. The lowest BCUT2D eigenvalue weighted by atomic mass is 9.43. The number of hydrogen-bond donors (Lipinski definition) is 0. The minimum absolute atomic E-state index is 0.183. The molecule has 0 aromatic rings. The van der Waals surface area contributed by atoms with Crippen LogP contribution in [-0.4, -0.2) is 30.6 Å². The highest BCUT2D eigenvalue weighted by molar-refractivity contribution is 5.87. The van der Waals surface area contributed by atoms with Crippen LogP contribution in [0, 0.1) is 34.5 Å². The molecule has 4 heteroatoms. The van der Waals surface area contributed by atoms with Crippen LogP contribution in [-0.2, 0) is 19.1 Å². The maximum atomic E-state index is 12.7. The van der Waals surface area contributed by atoms with Gasteiger partial charge in [0.15, 0.2) is 5.79 Å². The van der Waals surface area contributed by atoms with E-state index in [1.807, 2.05) is 0 Å². The maximum Gasteiger partial charge on any atom is 0.172 e. The van der Waals surface area contributed by atoms with Gasteiger partial charge in [-0.25, -0.2) is 0 Å². The second kappa shape index (κ2) is 5.16. The van der Waals surface area contributed by atoms with Crippen molar-refractivity contribution in [1.82, 2.24) is 0 Å². The number of carbonyl (C=O) groups is 2. The molecule has 0 aromatic heterocycles. The highest BCUT2D eigenvalue weighted by atomic mass is 16.7. The number of rotatable bonds is 0. The van der Waals surface area contributed by atoms with Crippen LogP contribution in [0.3, 0.4) is 0 Å². The number of fused-ring (bicyclic) bond motifs is 6. The van der Waals surface area contributed by atoms with E-state index < -0.39 is 5.79 Å². The van der Waals surface area contributed by atoms with Gasteiger partial charge >= 0.3 is 0 Å². The Bertz CT molecular complexity index is 621. The van der Waals surface area contributed by atoms with Crippen LogP contribution < -0.4 is 0 Å². The van der Waals surface area contributed by atoms with Crippen molar-refractivity contribution in [3.05, 3.63) is 0 Å². The van der Waals surface area contributed by atoms with Crippen LogP contribution in [0.2, 0.25) is 0 Å². The van der Waals surface area contributed by atoms with Crippen molar-refractivity contribution in [2.24, 2.45) is 34.5 Å². The Labute approximate surface area is 150 Å². The van der Waals surface area contributed by atoms with Crippen LogP contribution >= 0.6 is 0 Å². The van der Waals surface area contributed by atoms with Gasteiger partial charge in [-0.2, -0.15) is 0 Å². The fraction of sp³-hybridized carbons (Fsp3) is 0.905. The molecule has 0 unspecified atom stereocenters. The Hall–Kier alpha value is -0.740. The number of hydrogen-bond acceptors (Lipinski definition) is 4. The topological polar surface area (TPSA) is 52.6 Å².